The van der Waals surface area contributed by atoms with Crippen LogP contribution in [-0.2, 0) is 9.53 Å². The molecule has 0 spiro atoms. The Hall–Kier alpha value is -0.610. The van der Waals surface area contributed by atoms with E-state index in [0.717, 1.165) is 38.6 Å². The molecule has 18 heavy (non-hydrogen) atoms. The first-order chi connectivity index (χ1) is 8.69. The highest BCUT2D eigenvalue weighted by Crippen LogP contribution is 2.22. The molecule has 1 aliphatic carbocycles. The third-order valence-electron chi connectivity index (χ3n) is 3.56. The number of carbonyl (C=O) groups is 1. The van der Waals surface area contributed by atoms with Crippen molar-refractivity contribution >= 4 is 5.97 Å². The summed E-state index contributed by atoms with van der Waals surface area (Å²) in [7, 11) is 0. The lowest BCUT2D eigenvalue weighted by Crippen LogP contribution is -2.46. The number of rotatable bonds is 6. The Morgan fingerprint density at radius 2 is 2.00 bits per heavy atom. The quantitative estimate of drug-likeness (QED) is 0.584. The van der Waals surface area contributed by atoms with Crippen LogP contribution >= 0.6 is 0 Å². The SMILES string of the molecule is CCCN(CC(=O)OCC)C1CCCCCC1O. The van der Waals surface area contributed by atoms with Gasteiger partial charge in [-0.15, -0.1) is 0 Å². The van der Waals surface area contributed by atoms with Crippen LogP contribution in [0.2, 0.25) is 0 Å². The van der Waals surface area contributed by atoms with Gasteiger partial charge in [-0.25, -0.2) is 0 Å². The van der Waals surface area contributed by atoms with E-state index in [1.807, 2.05) is 6.92 Å². The Labute approximate surface area is 110 Å². The molecule has 0 aliphatic heterocycles. The minimum Gasteiger partial charge on any atom is -0.465 e. The summed E-state index contributed by atoms with van der Waals surface area (Å²) in [5.41, 5.74) is 0. The second-order valence-electron chi connectivity index (χ2n) is 5.05. The standard InChI is InChI=1S/C14H27NO3/c1-3-10-15(11-14(17)18-4-2)12-8-6-5-7-9-13(12)16/h12-13,16H,3-11H2,1-2H3. The van der Waals surface area contributed by atoms with Gasteiger partial charge >= 0.3 is 5.97 Å². The summed E-state index contributed by atoms with van der Waals surface area (Å²) in [5.74, 6) is -0.178. The van der Waals surface area contributed by atoms with Crippen molar-refractivity contribution in [2.45, 2.75) is 64.5 Å². The third kappa shape index (κ3) is 4.94. The molecule has 4 nitrogen and oxygen atoms in total. The minimum atomic E-state index is -0.298. The lowest BCUT2D eigenvalue weighted by molar-refractivity contribution is -0.145. The second kappa shape index (κ2) is 8.48. The number of carbonyl (C=O) groups excluding carboxylic acids is 1. The van der Waals surface area contributed by atoms with Gasteiger partial charge in [0.1, 0.15) is 0 Å². The number of hydrogen-bond donors (Lipinski definition) is 1. The number of ether oxygens (including phenoxy) is 1. The maximum atomic E-state index is 11.6. The molecule has 0 bridgehead atoms. The van der Waals surface area contributed by atoms with E-state index in [2.05, 4.69) is 11.8 Å². The predicted molar refractivity (Wildman–Crippen MR) is 71.4 cm³/mol. The van der Waals surface area contributed by atoms with Gasteiger partial charge in [-0.05, 0) is 32.7 Å². The topological polar surface area (TPSA) is 49.8 Å². The summed E-state index contributed by atoms with van der Waals surface area (Å²) in [4.78, 5) is 13.7. The second-order valence-corrected chi connectivity index (χ2v) is 5.05. The van der Waals surface area contributed by atoms with Crippen molar-refractivity contribution in [1.29, 1.82) is 0 Å². The molecule has 2 atom stereocenters. The smallest absolute Gasteiger partial charge is 0.320 e. The molecule has 2 unspecified atom stereocenters. The van der Waals surface area contributed by atoms with Gasteiger partial charge in [-0.2, -0.15) is 0 Å². The van der Waals surface area contributed by atoms with E-state index < -0.39 is 0 Å². The van der Waals surface area contributed by atoms with E-state index in [-0.39, 0.29) is 18.1 Å². The Bertz CT molecular complexity index is 245. The molecule has 1 aliphatic rings. The van der Waals surface area contributed by atoms with Crippen molar-refractivity contribution in [3.05, 3.63) is 0 Å². The molecule has 1 fully saturated rings. The van der Waals surface area contributed by atoms with Gasteiger partial charge in [-0.1, -0.05) is 26.2 Å². The molecule has 0 heterocycles. The molecule has 1 N–H and O–H groups in total. The van der Waals surface area contributed by atoms with Gasteiger partial charge in [-0.3, -0.25) is 9.69 Å². The van der Waals surface area contributed by atoms with Crippen molar-refractivity contribution in [2.75, 3.05) is 19.7 Å². The van der Waals surface area contributed by atoms with Crippen LogP contribution in [0, 0.1) is 0 Å². The number of aliphatic hydroxyl groups excluding tert-OH is 1. The average molecular weight is 257 g/mol. The van der Waals surface area contributed by atoms with E-state index in [0.29, 0.717) is 13.2 Å². The van der Waals surface area contributed by atoms with Gasteiger partial charge in [0.05, 0.1) is 19.3 Å². The molecule has 0 saturated heterocycles. The van der Waals surface area contributed by atoms with Crippen molar-refractivity contribution in [1.82, 2.24) is 4.90 Å². The first-order valence-electron chi connectivity index (χ1n) is 7.26. The number of hydrogen-bond acceptors (Lipinski definition) is 4. The van der Waals surface area contributed by atoms with Gasteiger partial charge in [0, 0.05) is 6.04 Å². The molecule has 1 saturated carbocycles. The van der Waals surface area contributed by atoms with Crippen LogP contribution < -0.4 is 0 Å². The normalized spacial score (nSPS) is 24.9. The van der Waals surface area contributed by atoms with Crippen molar-refractivity contribution in [2.24, 2.45) is 0 Å². The maximum absolute atomic E-state index is 11.6. The van der Waals surface area contributed by atoms with Crippen LogP contribution in [0.15, 0.2) is 0 Å². The van der Waals surface area contributed by atoms with E-state index in [1.165, 1.54) is 6.42 Å². The highest BCUT2D eigenvalue weighted by molar-refractivity contribution is 5.71. The van der Waals surface area contributed by atoms with Crippen LogP contribution in [0.3, 0.4) is 0 Å². The van der Waals surface area contributed by atoms with Gasteiger partial charge in [0.15, 0.2) is 0 Å². The maximum Gasteiger partial charge on any atom is 0.320 e. The monoisotopic (exact) mass is 257 g/mol. The van der Waals surface area contributed by atoms with E-state index in [1.54, 1.807) is 0 Å². The molecule has 4 heteroatoms. The molecule has 1 rings (SSSR count). The molecule has 0 aromatic carbocycles. The molecular formula is C14H27NO3. The van der Waals surface area contributed by atoms with Crippen LogP contribution in [-0.4, -0.2) is 47.8 Å². The summed E-state index contributed by atoms with van der Waals surface area (Å²) in [6.07, 6.45) is 5.96. The molecular weight excluding hydrogens is 230 g/mol. The molecule has 0 aromatic heterocycles. The fourth-order valence-electron chi connectivity index (χ4n) is 2.72. The lowest BCUT2D eigenvalue weighted by atomic mass is 10.0. The van der Waals surface area contributed by atoms with E-state index in [9.17, 15) is 9.90 Å². The average Bonchev–Trinajstić information content (AvgIpc) is 2.54. The van der Waals surface area contributed by atoms with Gasteiger partial charge in [0.2, 0.25) is 0 Å². The van der Waals surface area contributed by atoms with Crippen LogP contribution in [0.4, 0.5) is 0 Å². The molecule has 106 valence electrons. The lowest BCUT2D eigenvalue weighted by Gasteiger charge is -2.33. The Morgan fingerprint density at radius 3 is 2.67 bits per heavy atom. The number of esters is 1. The fourth-order valence-corrected chi connectivity index (χ4v) is 2.72. The van der Waals surface area contributed by atoms with Crippen LogP contribution in [0.5, 0.6) is 0 Å². The molecule has 0 radical (unpaired) electrons. The molecule has 0 aromatic rings. The summed E-state index contributed by atoms with van der Waals surface area (Å²) in [6.45, 7) is 5.50. The first kappa shape index (κ1) is 15.4. The highest BCUT2D eigenvalue weighted by Gasteiger charge is 2.28. The van der Waals surface area contributed by atoms with Crippen molar-refractivity contribution in [3.8, 4) is 0 Å². The summed E-state index contributed by atoms with van der Waals surface area (Å²) < 4.78 is 5.01. The number of aliphatic hydroxyl groups is 1. The summed E-state index contributed by atoms with van der Waals surface area (Å²) in [5, 5.41) is 10.2. The predicted octanol–water partition coefficient (Wildman–Crippen LogP) is 1.96. The Balaban J connectivity index is 2.59. The zero-order valence-corrected chi connectivity index (χ0v) is 11.7. The largest absolute Gasteiger partial charge is 0.465 e. The summed E-state index contributed by atoms with van der Waals surface area (Å²) in [6, 6.07) is 0.122. The summed E-state index contributed by atoms with van der Waals surface area (Å²) >= 11 is 0. The Kier molecular flexibility index (Phi) is 7.28. The van der Waals surface area contributed by atoms with E-state index >= 15 is 0 Å². The number of nitrogens with zero attached hydrogens (tertiary/aromatic N) is 1. The van der Waals surface area contributed by atoms with Crippen LogP contribution in [0.1, 0.15) is 52.4 Å². The third-order valence-corrected chi connectivity index (χ3v) is 3.56. The molecule has 0 amide bonds. The zero-order chi connectivity index (χ0) is 13.4. The van der Waals surface area contributed by atoms with Gasteiger partial charge in [0.25, 0.3) is 0 Å². The highest BCUT2D eigenvalue weighted by atomic mass is 16.5. The van der Waals surface area contributed by atoms with E-state index in [4.69, 9.17) is 4.74 Å². The Morgan fingerprint density at radius 1 is 1.28 bits per heavy atom. The fraction of sp³-hybridized carbons (Fsp3) is 0.929. The first-order valence-corrected chi connectivity index (χ1v) is 7.26. The zero-order valence-electron chi connectivity index (χ0n) is 11.7. The van der Waals surface area contributed by atoms with Crippen LogP contribution in [0.25, 0.3) is 0 Å². The van der Waals surface area contributed by atoms with Crippen molar-refractivity contribution < 1.29 is 14.6 Å². The van der Waals surface area contributed by atoms with Gasteiger partial charge < -0.3 is 9.84 Å². The minimum absolute atomic E-state index is 0.122. The van der Waals surface area contributed by atoms with Crippen molar-refractivity contribution in [3.63, 3.8) is 0 Å².